The Kier molecular flexibility index (Phi) is 4.57. The lowest BCUT2D eigenvalue weighted by molar-refractivity contribution is -0.118. The monoisotopic (exact) mass is 290 g/mol. The molecular weight excluding hydrogens is 264 g/mol. The van der Waals surface area contributed by atoms with Gasteiger partial charge in [0, 0.05) is 12.6 Å². The van der Waals surface area contributed by atoms with Gasteiger partial charge >= 0.3 is 0 Å². The van der Waals surface area contributed by atoms with E-state index < -0.39 is 0 Å². The predicted molar refractivity (Wildman–Crippen MR) is 85.6 cm³/mol. The van der Waals surface area contributed by atoms with E-state index >= 15 is 0 Å². The van der Waals surface area contributed by atoms with E-state index in [1.54, 1.807) is 0 Å². The second kappa shape index (κ2) is 6.06. The summed E-state index contributed by atoms with van der Waals surface area (Å²) in [4.78, 5) is 11.4. The quantitative estimate of drug-likeness (QED) is 0.874. The third kappa shape index (κ3) is 3.76. The predicted octanol–water partition coefficient (Wildman–Crippen LogP) is 3.35. The third-order valence-corrected chi connectivity index (χ3v) is 4.56. The maximum atomic E-state index is 11.4. The molecule has 116 valence electrons. The maximum Gasteiger partial charge on any atom is 0.262 e. The van der Waals surface area contributed by atoms with Gasteiger partial charge in [-0.05, 0) is 36.0 Å². The van der Waals surface area contributed by atoms with E-state index in [0.29, 0.717) is 5.92 Å². The maximum absolute atomic E-state index is 11.4. The average molecular weight is 290 g/mol. The summed E-state index contributed by atoms with van der Waals surface area (Å²) >= 11 is 0. The molecule has 0 saturated heterocycles. The fourth-order valence-corrected chi connectivity index (χ4v) is 2.11. The Morgan fingerprint density at radius 2 is 2.05 bits per heavy atom. The van der Waals surface area contributed by atoms with Crippen molar-refractivity contribution in [1.82, 2.24) is 5.32 Å². The summed E-state index contributed by atoms with van der Waals surface area (Å²) in [7, 11) is 0. The zero-order chi connectivity index (χ0) is 15.6. The summed E-state index contributed by atoms with van der Waals surface area (Å²) in [5.41, 5.74) is 2.17. The first-order valence-corrected chi connectivity index (χ1v) is 7.59. The summed E-state index contributed by atoms with van der Waals surface area (Å²) in [6, 6.07) is 6.20. The van der Waals surface area contributed by atoms with Crippen LogP contribution in [0, 0.1) is 11.3 Å². The molecule has 1 unspecified atom stereocenters. The highest BCUT2D eigenvalue weighted by atomic mass is 16.5. The van der Waals surface area contributed by atoms with Crippen LogP contribution in [0.4, 0.5) is 5.69 Å². The van der Waals surface area contributed by atoms with Crippen molar-refractivity contribution >= 4 is 11.6 Å². The minimum absolute atomic E-state index is 0.0961. The first-order valence-electron chi connectivity index (χ1n) is 7.59. The van der Waals surface area contributed by atoms with Crippen LogP contribution >= 0.6 is 0 Å². The lowest BCUT2D eigenvalue weighted by atomic mass is 9.81. The normalized spacial score (nSPS) is 16.2. The second-order valence-electron chi connectivity index (χ2n) is 6.84. The molecule has 0 radical (unpaired) electrons. The van der Waals surface area contributed by atoms with E-state index in [-0.39, 0.29) is 24.0 Å². The van der Waals surface area contributed by atoms with Crippen LogP contribution < -0.4 is 15.4 Å². The Labute approximate surface area is 127 Å². The summed E-state index contributed by atoms with van der Waals surface area (Å²) in [6.07, 6.45) is 0. The zero-order valence-corrected chi connectivity index (χ0v) is 13.6. The first kappa shape index (κ1) is 15.8. The van der Waals surface area contributed by atoms with Crippen molar-refractivity contribution in [2.24, 2.45) is 11.3 Å². The van der Waals surface area contributed by atoms with Gasteiger partial charge in [0.15, 0.2) is 6.61 Å². The Balaban J connectivity index is 2.05. The molecule has 1 amide bonds. The van der Waals surface area contributed by atoms with Gasteiger partial charge in [-0.1, -0.05) is 33.8 Å². The molecule has 2 N–H and O–H groups in total. The minimum atomic E-state index is -0.0961. The Morgan fingerprint density at radius 3 is 2.71 bits per heavy atom. The van der Waals surface area contributed by atoms with Crippen molar-refractivity contribution in [2.45, 2.75) is 40.7 Å². The van der Waals surface area contributed by atoms with E-state index in [9.17, 15) is 4.79 Å². The van der Waals surface area contributed by atoms with Gasteiger partial charge in [-0.3, -0.25) is 4.79 Å². The van der Waals surface area contributed by atoms with Gasteiger partial charge in [-0.15, -0.1) is 0 Å². The van der Waals surface area contributed by atoms with E-state index in [0.717, 1.165) is 23.5 Å². The number of rotatable bonds is 5. The minimum Gasteiger partial charge on any atom is -0.482 e. The number of carbonyl (C=O) groups is 1. The fourth-order valence-electron chi connectivity index (χ4n) is 2.11. The number of anilines is 1. The van der Waals surface area contributed by atoms with Crippen LogP contribution in [-0.2, 0) is 4.79 Å². The first-order chi connectivity index (χ1) is 9.79. The molecule has 1 aliphatic heterocycles. The summed E-state index contributed by atoms with van der Waals surface area (Å²) in [5.74, 6) is 1.27. The van der Waals surface area contributed by atoms with E-state index in [2.05, 4.69) is 51.3 Å². The summed E-state index contributed by atoms with van der Waals surface area (Å²) < 4.78 is 5.38. The molecule has 0 aliphatic carbocycles. The van der Waals surface area contributed by atoms with Crippen LogP contribution in [0.15, 0.2) is 18.2 Å². The van der Waals surface area contributed by atoms with Crippen LogP contribution in [0.3, 0.4) is 0 Å². The molecule has 1 aromatic carbocycles. The smallest absolute Gasteiger partial charge is 0.262 e. The summed E-state index contributed by atoms with van der Waals surface area (Å²) in [5, 5.41) is 6.44. The number of hydrogen-bond acceptors (Lipinski definition) is 3. The SMILES string of the molecule is CC(NCC(C)(C)C(C)C)c1ccc2c(c1)NC(=O)CO2. The highest BCUT2D eigenvalue weighted by Crippen LogP contribution is 2.31. The molecule has 0 fully saturated rings. The van der Waals surface area contributed by atoms with Crippen LogP contribution in [0.2, 0.25) is 0 Å². The van der Waals surface area contributed by atoms with Crippen LogP contribution in [-0.4, -0.2) is 19.1 Å². The number of carbonyl (C=O) groups excluding carboxylic acids is 1. The lowest BCUT2D eigenvalue weighted by Gasteiger charge is -2.31. The number of ether oxygens (including phenoxy) is 1. The van der Waals surface area contributed by atoms with E-state index in [1.807, 2.05) is 12.1 Å². The van der Waals surface area contributed by atoms with Crippen molar-refractivity contribution in [2.75, 3.05) is 18.5 Å². The summed E-state index contributed by atoms with van der Waals surface area (Å²) in [6.45, 7) is 12.2. The molecule has 0 saturated carbocycles. The number of hydrogen-bond donors (Lipinski definition) is 2. The van der Waals surface area contributed by atoms with Gasteiger partial charge < -0.3 is 15.4 Å². The van der Waals surface area contributed by atoms with Crippen molar-refractivity contribution < 1.29 is 9.53 Å². The number of fused-ring (bicyclic) bond motifs is 1. The molecule has 0 aromatic heterocycles. The lowest BCUT2D eigenvalue weighted by Crippen LogP contribution is -2.35. The van der Waals surface area contributed by atoms with E-state index in [1.165, 1.54) is 0 Å². The standard InChI is InChI=1S/C17H26N2O2/c1-11(2)17(4,5)10-18-12(3)13-6-7-15-14(8-13)19-16(20)9-21-15/h6-8,11-12,18H,9-10H2,1-5H3,(H,19,20). The molecule has 0 spiro atoms. The Morgan fingerprint density at radius 1 is 1.33 bits per heavy atom. The number of benzene rings is 1. The van der Waals surface area contributed by atoms with Gasteiger partial charge in [-0.2, -0.15) is 0 Å². The topological polar surface area (TPSA) is 50.4 Å². The molecule has 1 aromatic rings. The van der Waals surface area contributed by atoms with Crippen molar-refractivity contribution in [3.05, 3.63) is 23.8 Å². The van der Waals surface area contributed by atoms with Crippen LogP contribution in [0.1, 0.15) is 46.2 Å². The average Bonchev–Trinajstić information content (AvgIpc) is 2.43. The second-order valence-corrected chi connectivity index (χ2v) is 6.84. The Hall–Kier alpha value is -1.55. The molecule has 4 heteroatoms. The van der Waals surface area contributed by atoms with Gasteiger partial charge in [0.25, 0.3) is 5.91 Å². The molecule has 1 aliphatic rings. The highest BCUT2D eigenvalue weighted by Gasteiger charge is 2.23. The zero-order valence-electron chi connectivity index (χ0n) is 13.6. The van der Waals surface area contributed by atoms with Crippen molar-refractivity contribution in [3.8, 4) is 5.75 Å². The molecular formula is C17H26N2O2. The van der Waals surface area contributed by atoms with Gasteiger partial charge in [-0.25, -0.2) is 0 Å². The fraction of sp³-hybridized carbons (Fsp3) is 0.588. The van der Waals surface area contributed by atoms with Crippen LogP contribution in [0.5, 0.6) is 5.75 Å². The van der Waals surface area contributed by atoms with Gasteiger partial charge in [0.1, 0.15) is 5.75 Å². The third-order valence-electron chi connectivity index (χ3n) is 4.56. The largest absolute Gasteiger partial charge is 0.482 e. The number of amides is 1. The van der Waals surface area contributed by atoms with Gasteiger partial charge in [0.2, 0.25) is 0 Å². The van der Waals surface area contributed by atoms with Gasteiger partial charge in [0.05, 0.1) is 5.69 Å². The number of nitrogens with one attached hydrogen (secondary N) is 2. The molecule has 21 heavy (non-hydrogen) atoms. The highest BCUT2D eigenvalue weighted by molar-refractivity contribution is 5.95. The van der Waals surface area contributed by atoms with Crippen molar-refractivity contribution in [1.29, 1.82) is 0 Å². The molecule has 2 rings (SSSR count). The molecule has 1 atom stereocenters. The van der Waals surface area contributed by atoms with Crippen molar-refractivity contribution in [3.63, 3.8) is 0 Å². The van der Waals surface area contributed by atoms with Crippen LogP contribution in [0.25, 0.3) is 0 Å². The Bertz CT molecular complexity index is 524. The molecule has 4 nitrogen and oxygen atoms in total. The van der Waals surface area contributed by atoms with E-state index in [4.69, 9.17) is 4.74 Å². The molecule has 1 heterocycles. The molecule has 0 bridgehead atoms.